The normalized spacial score (nSPS) is 11.8. The van der Waals surface area contributed by atoms with Gasteiger partial charge in [-0.3, -0.25) is 4.79 Å². The number of likely N-dealkylation sites (N-methyl/N-ethyl adjacent to an activating group) is 1. The van der Waals surface area contributed by atoms with Gasteiger partial charge in [-0.05, 0) is 37.6 Å². The van der Waals surface area contributed by atoms with Crippen molar-refractivity contribution < 1.29 is 9.59 Å². The molecular formula is C14H21N3O2. The molecule has 104 valence electrons. The number of aldehydes is 1. The first kappa shape index (κ1) is 15.2. The molecule has 0 aliphatic rings. The molecule has 4 N–H and O–H groups in total. The number of rotatable bonds is 8. The zero-order valence-corrected chi connectivity index (χ0v) is 11.2. The van der Waals surface area contributed by atoms with Crippen LogP contribution in [0.15, 0.2) is 24.3 Å². The number of nitrogen functional groups attached to an aromatic ring is 1. The average molecular weight is 263 g/mol. The molecule has 0 heterocycles. The van der Waals surface area contributed by atoms with E-state index in [1.165, 1.54) is 0 Å². The number of nitrogens with two attached hydrogens (primary N) is 1. The quantitative estimate of drug-likeness (QED) is 0.362. The molecule has 0 radical (unpaired) electrons. The van der Waals surface area contributed by atoms with E-state index in [1.54, 1.807) is 19.2 Å². The summed E-state index contributed by atoms with van der Waals surface area (Å²) in [5.41, 5.74) is 7.21. The summed E-state index contributed by atoms with van der Waals surface area (Å²) >= 11 is 0. The molecule has 0 aromatic heterocycles. The lowest BCUT2D eigenvalue weighted by Crippen LogP contribution is -2.30. The molecule has 0 saturated heterocycles. The molecule has 0 unspecified atom stereocenters. The first-order chi connectivity index (χ1) is 9.15. The number of carbonyl (C=O) groups excluding carboxylic acids is 2. The lowest BCUT2D eigenvalue weighted by Gasteiger charge is -2.09. The molecule has 1 atom stereocenters. The number of amides is 1. The van der Waals surface area contributed by atoms with Crippen molar-refractivity contribution >= 4 is 17.9 Å². The summed E-state index contributed by atoms with van der Waals surface area (Å²) in [5, 5.41) is 5.72. The predicted octanol–water partition coefficient (Wildman–Crippen LogP) is 0.495. The van der Waals surface area contributed by atoms with E-state index in [0.717, 1.165) is 24.7 Å². The molecule has 5 heteroatoms. The van der Waals surface area contributed by atoms with E-state index in [0.29, 0.717) is 18.7 Å². The Morgan fingerprint density at radius 2 is 2.26 bits per heavy atom. The van der Waals surface area contributed by atoms with Crippen molar-refractivity contribution in [2.45, 2.75) is 25.3 Å². The van der Waals surface area contributed by atoms with Crippen LogP contribution in [-0.4, -0.2) is 31.8 Å². The topological polar surface area (TPSA) is 84.2 Å². The van der Waals surface area contributed by atoms with Crippen molar-refractivity contribution in [2.75, 3.05) is 19.3 Å². The van der Waals surface area contributed by atoms with Crippen molar-refractivity contribution in [2.24, 2.45) is 0 Å². The van der Waals surface area contributed by atoms with Crippen LogP contribution in [0.3, 0.4) is 0 Å². The summed E-state index contributed by atoms with van der Waals surface area (Å²) in [6.07, 6.45) is 2.70. The van der Waals surface area contributed by atoms with Gasteiger partial charge in [-0.15, -0.1) is 0 Å². The highest BCUT2D eigenvalue weighted by Crippen LogP contribution is 2.06. The molecule has 0 saturated carbocycles. The van der Waals surface area contributed by atoms with Gasteiger partial charge in [-0.25, -0.2) is 0 Å². The molecule has 1 rings (SSSR count). The summed E-state index contributed by atoms with van der Waals surface area (Å²) in [4.78, 5) is 22.2. The second-order valence-electron chi connectivity index (χ2n) is 4.45. The number of nitrogens with one attached hydrogen (secondary N) is 2. The monoisotopic (exact) mass is 263 g/mol. The van der Waals surface area contributed by atoms with Gasteiger partial charge in [0.1, 0.15) is 6.29 Å². The summed E-state index contributed by atoms with van der Waals surface area (Å²) in [6, 6.07) is 7.16. The van der Waals surface area contributed by atoms with Gasteiger partial charge < -0.3 is 21.2 Å². The number of anilines is 1. The maximum absolute atomic E-state index is 11.7. The van der Waals surface area contributed by atoms with Gasteiger partial charge in [0.15, 0.2) is 0 Å². The van der Waals surface area contributed by atoms with E-state index in [2.05, 4.69) is 10.6 Å². The van der Waals surface area contributed by atoms with Gasteiger partial charge in [0.2, 0.25) is 5.91 Å². The molecule has 0 bridgehead atoms. The van der Waals surface area contributed by atoms with Crippen LogP contribution in [0, 0.1) is 0 Å². The van der Waals surface area contributed by atoms with Crippen molar-refractivity contribution in [1.82, 2.24) is 10.6 Å². The summed E-state index contributed by atoms with van der Waals surface area (Å²) in [6.45, 7) is 0.577. The Morgan fingerprint density at radius 3 is 2.89 bits per heavy atom. The zero-order valence-electron chi connectivity index (χ0n) is 11.2. The van der Waals surface area contributed by atoms with Crippen LogP contribution < -0.4 is 16.4 Å². The highest BCUT2D eigenvalue weighted by molar-refractivity contribution is 5.78. The first-order valence-corrected chi connectivity index (χ1v) is 6.39. The van der Waals surface area contributed by atoms with Gasteiger partial charge in [0.25, 0.3) is 0 Å². The Morgan fingerprint density at radius 1 is 1.47 bits per heavy atom. The minimum atomic E-state index is -0.133. The fourth-order valence-corrected chi connectivity index (χ4v) is 1.78. The van der Waals surface area contributed by atoms with Gasteiger partial charge in [-0.2, -0.15) is 0 Å². The van der Waals surface area contributed by atoms with E-state index >= 15 is 0 Å². The smallest absolute Gasteiger partial charge is 0.224 e. The Bertz CT molecular complexity index is 421. The van der Waals surface area contributed by atoms with Crippen LogP contribution in [0.25, 0.3) is 0 Å². The fourth-order valence-electron chi connectivity index (χ4n) is 1.78. The maximum atomic E-state index is 11.7. The molecule has 0 aliphatic carbocycles. The first-order valence-electron chi connectivity index (χ1n) is 6.39. The molecular weight excluding hydrogens is 242 g/mol. The molecule has 1 amide bonds. The van der Waals surface area contributed by atoms with Crippen molar-refractivity contribution in [3.05, 3.63) is 29.8 Å². The Kier molecular flexibility index (Phi) is 6.60. The Labute approximate surface area is 113 Å². The molecule has 5 nitrogen and oxygen atoms in total. The van der Waals surface area contributed by atoms with Gasteiger partial charge in [-0.1, -0.05) is 12.1 Å². The zero-order chi connectivity index (χ0) is 14.1. The second kappa shape index (κ2) is 8.26. The molecule has 1 aromatic rings. The number of hydrogen-bond donors (Lipinski definition) is 3. The van der Waals surface area contributed by atoms with Crippen LogP contribution in [0.1, 0.15) is 18.4 Å². The average Bonchev–Trinajstić information content (AvgIpc) is 2.39. The summed E-state index contributed by atoms with van der Waals surface area (Å²) < 4.78 is 0. The Balaban J connectivity index is 2.23. The maximum Gasteiger partial charge on any atom is 0.224 e. The highest BCUT2D eigenvalue weighted by Gasteiger charge is 2.05. The van der Waals surface area contributed by atoms with Crippen molar-refractivity contribution in [1.29, 1.82) is 0 Å². The molecule has 19 heavy (non-hydrogen) atoms. The number of hydrogen-bond acceptors (Lipinski definition) is 4. The second-order valence-corrected chi connectivity index (χ2v) is 4.45. The van der Waals surface area contributed by atoms with E-state index in [1.807, 2.05) is 12.1 Å². The third-order valence-electron chi connectivity index (χ3n) is 2.86. The number of carbonyl (C=O) groups is 2. The van der Waals surface area contributed by atoms with Crippen LogP contribution in [-0.2, 0) is 16.0 Å². The van der Waals surface area contributed by atoms with E-state index in [4.69, 9.17) is 5.73 Å². The van der Waals surface area contributed by atoms with Crippen LogP contribution >= 0.6 is 0 Å². The molecule has 1 aromatic carbocycles. The van der Waals surface area contributed by atoms with Crippen molar-refractivity contribution in [3.63, 3.8) is 0 Å². The van der Waals surface area contributed by atoms with Crippen molar-refractivity contribution in [3.8, 4) is 0 Å². The molecule has 0 fully saturated rings. The summed E-state index contributed by atoms with van der Waals surface area (Å²) in [5.74, 6) is -0.0299. The standard InChI is InChI=1S/C14H21N3O2/c1-16-13(10-18)6-3-7-17-14(19)9-11-4-2-5-12(15)8-11/h2,4-5,8,10,13,16H,3,6-7,9,15H2,1H3,(H,17,19)/t13-/m0/s1. The van der Waals surface area contributed by atoms with Gasteiger partial charge in [0.05, 0.1) is 12.5 Å². The predicted molar refractivity (Wildman–Crippen MR) is 75.7 cm³/mol. The molecule has 0 spiro atoms. The van der Waals surface area contributed by atoms with Crippen LogP contribution in [0.5, 0.6) is 0 Å². The summed E-state index contributed by atoms with van der Waals surface area (Å²) in [7, 11) is 1.75. The minimum Gasteiger partial charge on any atom is -0.399 e. The van der Waals surface area contributed by atoms with E-state index < -0.39 is 0 Å². The lowest BCUT2D eigenvalue weighted by molar-refractivity contribution is -0.120. The minimum absolute atomic E-state index is 0.0299. The molecule has 0 aliphatic heterocycles. The van der Waals surface area contributed by atoms with Gasteiger partial charge in [0, 0.05) is 12.2 Å². The third-order valence-corrected chi connectivity index (χ3v) is 2.86. The Hall–Kier alpha value is -1.88. The van der Waals surface area contributed by atoms with E-state index in [9.17, 15) is 9.59 Å². The van der Waals surface area contributed by atoms with Crippen LogP contribution in [0.4, 0.5) is 5.69 Å². The van der Waals surface area contributed by atoms with Gasteiger partial charge >= 0.3 is 0 Å². The lowest BCUT2D eigenvalue weighted by atomic mass is 10.1. The largest absolute Gasteiger partial charge is 0.399 e. The highest BCUT2D eigenvalue weighted by atomic mass is 16.1. The number of benzene rings is 1. The van der Waals surface area contributed by atoms with Crippen LogP contribution in [0.2, 0.25) is 0 Å². The fraction of sp³-hybridized carbons (Fsp3) is 0.429. The van der Waals surface area contributed by atoms with E-state index in [-0.39, 0.29) is 11.9 Å². The third kappa shape index (κ3) is 6.01. The SMILES string of the molecule is CN[C@H](C=O)CCCNC(=O)Cc1cccc(N)c1.